The summed E-state index contributed by atoms with van der Waals surface area (Å²) in [6.45, 7) is 7.56. The van der Waals surface area contributed by atoms with Gasteiger partial charge in [-0.2, -0.15) is 0 Å². The van der Waals surface area contributed by atoms with Gasteiger partial charge in [0.2, 0.25) is 5.91 Å². The minimum atomic E-state index is -0.653. The van der Waals surface area contributed by atoms with Crippen LogP contribution in [0, 0.1) is 5.82 Å². The van der Waals surface area contributed by atoms with Crippen LogP contribution in [0.15, 0.2) is 16.6 Å². The first-order valence-electron chi connectivity index (χ1n) is 5.24. The number of amides is 1. The smallest absolute Gasteiger partial charge is 0.234 e. The summed E-state index contributed by atoms with van der Waals surface area (Å²) in [4.78, 5) is 11.5. The molecule has 96 valence electrons. The molecule has 1 aliphatic heterocycles. The minimum Gasteiger partial charge on any atom is -0.323 e. The van der Waals surface area contributed by atoms with Gasteiger partial charge in [0, 0.05) is 4.47 Å². The Bertz CT molecular complexity index is 430. The first-order valence-corrected chi connectivity index (χ1v) is 6.03. The van der Waals surface area contributed by atoms with Gasteiger partial charge in [-0.05, 0) is 31.5 Å². The van der Waals surface area contributed by atoms with Gasteiger partial charge < -0.3 is 5.32 Å². The van der Waals surface area contributed by atoms with Crippen molar-refractivity contribution in [2.24, 2.45) is 0 Å². The van der Waals surface area contributed by atoms with Gasteiger partial charge in [0.1, 0.15) is 5.82 Å². The summed E-state index contributed by atoms with van der Waals surface area (Å²) < 4.78 is 14.1. The topological polar surface area (TPSA) is 29.1 Å². The number of carbonyl (C=O) groups is 1. The molecule has 0 atom stereocenters. The summed E-state index contributed by atoms with van der Waals surface area (Å²) in [6.07, 6.45) is 0. The van der Waals surface area contributed by atoms with E-state index in [0.717, 1.165) is 0 Å². The maximum Gasteiger partial charge on any atom is 0.234 e. The van der Waals surface area contributed by atoms with Crippen molar-refractivity contribution in [3.8, 4) is 0 Å². The largest absolute Gasteiger partial charge is 0.323 e. The molecule has 1 aromatic rings. The zero-order chi connectivity index (χ0) is 12.5. The highest BCUT2D eigenvalue weighted by molar-refractivity contribution is 9.10. The average molecular weight is 304 g/mol. The maximum absolute atomic E-state index is 13.4. The highest BCUT2D eigenvalue weighted by atomic mass is 79.9. The first kappa shape index (κ1) is 16.1. The predicted molar refractivity (Wildman–Crippen MR) is 73.8 cm³/mol. The van der Waals surface area contributed by atoms with Gasteiger partial charge in [-0.1, -0.05) is 37.2 Å². The standard InChI is InChI=1S/C10H9BrFNO.C2H6.CH4/c1-10(2)6-3-5(11)4-7(12)8(6)13-9(10)14;1-2;/h3-4H,1-2H3,(H,13,14);1-2H3;1H4. The second kappa shape index (κ2) is 5.63. The fraction of sp³-hybridized carbons (Fsp3) is 0.462. The van der Waals surface area contributed by atoms with Crippen LogP contribution < -0.4 is 5.32 Å². The molecular weight excluding hydrogens is 285 g/mol. The van der Waals surface area contributed by atoms with E-state index < -0.39 is 11.2 Å². The molecule has 1 amide bonds. The zero-order valence-electron chi connectivity index (χ0n) is 9.82. The van der Waals surface area contributed by atoms with Crippen LogP contribution in [0.3, 0.4) is 0 Å². The van der Waals surface area contributed by atoms with Crippen LogP contribution in [0.25, 0.3) is 0 Å². The molecule has 0 fully saturated rings. The quantitative estimate of drug-likeness (QED) is 0.752. The average Bonchev–Trinajstić information content (AvgIpc) is 2.44. The Morgan fingerprint density at radius 3 is 2.35 bits per heavy atom. The molecule has 17 heavy (non-hydrogen) atoms. The van der Waals surface area contributed by atoms with E-state index in [4.69, 9.17) is 0 Å². The number of hydrogen-bond acceptors (Lipinski definition) is 1. The minimum absolute atomic E-state index is 0. The molecule has 1 N–H and O–H groups in total. The molecule has 0 saturated heterocycles. The van der Waals surface area contributed by atoms with Crippen molar-refractivity contribution in [3.63, 3.8) is 0 Å². The van der Waals surface area contributed by atoms with Gasteiger partial charge in [0.25, 0.3) is 0 Å². The lowest BCUT2D eigenvalue weighted by molar-refractivity contribution is -0.119. The second-order valence-electron chi connectivity index (χ2n) is 3.89. The van der Waals surface area contributed by atoms with E-state index in [0.29, 0.717) is 15.7 Å². The van der Waals surface area contributed by atoms with E-state index in [1.54, 1.807) is 19.9 Å². The Morgan fingerprint density at radius 1 is 1.29 bits per heavy atom. The third-order valence-corrected chi connectivity index (χ3v) is 2.99. The summed E-state index contributed by atoms with van der Waals surface area (Å²) in [6, 6.07) is 3.12. The molecular formula is C13H19BrFNO. The maximum atomic E-state index is 13.4. The van der Waals surface area contributed by atoms with Gasteiger partial charge >= 0.3 is 0 Å². The number of nitrogens with one attached hydrogen (secondary N) is 1. The molecule has 0 saturated carbocycles. The SMILES string of the molecule is C.CC.CC1(C)C(=O)Nc2c(F)cc(Br)cc21. The second-order valence-corrected chi connectivity index (χ2v) is 4.80. The third-order valence-electron chi connectivity index (χ3n) is 2.53. The summed E-state index contributed by atoms with van der Waals surface area (Å²) in [5, 5.41) is 2.55. The molecule has 4 heteroatoms. The molecule has 1 aliphatic rings. The Kier molecular flexibility index (Phi) is 5.33. The lowest BCUT2D eigenvalue weighted by atomic mass is 9.86. The molecule has 0 unspecified atom stereocenters. The van der Waals surface area contributed by atoms with E-state index in [9.17, 15) is 9.18 Å². The highest BCUT2D eigenvalue weighted by Crippen LogP contribution is 2.40. The summed E-state index contributed by atoms with van der Waals surface area (Å²) in [5.74, 6) is -0.558. The van der Waals surface area contributed by atoms with Crippen LogP contribution in [-0.2, 0) is 10.2 Å². The van der Waals surface area contributed by atoms with Gasteiger partial charge in [0.05, 0.1) is 11.1 Å². The Labute approximate surface area is 111 Å². The number of halogens is 2. The number of anilines is 1. The fourth-order valence-electron chi connectivity index (χ4n) is 1.59. The van der Waals surface area contributed by atoms with Crippen molar-refractivity contribution in [1.29, 1.82) is 0 Å². The summed E-state index contributed by atoms with van der Waals surface area (Å²) in [7, 11) is 0. The highest BCUT2D eigenvalue weighted by Gasteiger charge is 2.39. The molecule has 0 aliphatic carbocycles. The Balaban J connectivity index is 0.000000811. The molecule has 0 radical (unpaired) electrons. The van der Waals surface area contributed by atoms with E-state index >= 15 is 0 Å². The molecule has 0 bridgehead atoms. The van der Waals surface area contributed by atoms with Crippen LogP contribution in [-0.4, -0.2) is 5.91 Å². The van der Waals surface area contributed by atoms with E-state index in [1.165, 1.54) is 6.07 Å². The van der Waals surface area contributed by atoms with E-state index in [-0.39, 0.29) is 13.3 Å². The monoisotopic (exact) mass is 303 g/mol. The van der Waals surface area contributed by atoms with Crippen molar-refractivity contribution in [2.45, 2.75) is 40.5 Å². The van der Waals surface area contributed by atoms with Crippen molar-refractivity contribution in [3.05, 3.63) is 28.0 Å². The van der Waals surface area contributed by atoms with Crippen LogP contribution in [0.5, 0.6) is 0 Å². The summed E-state index contributed by atoms with van der Waals surface area (Å²) >= 11 is 3.21. The lowest BCUT2D eigenvalue weighted by Crippen LogP contribution is -2.26. The van der Waals surface area contributed by atoms with Crippen molar-refractivity contribution < 1.29 is 9.18 Å². The van der Waals surface area contributed by atoms with Crippen LogP contribution in [0.4, 0.5) is 10.1 Å². The zero-order valence-corrected chi connectivity index (χ0v) is 11.4. The van der Waals surface area contributed by atoms with Crippen molar-refractivity contribution in [2.75, 3.05) is 5.32 Å². The number of fused-ring (bicyclic) bond motifs is 1. The van der Waals surface area contributed by atoms with Gasteiger partial charge in [-0.3, -0.25) is 4.79 Å². The first-order chi connectivity index (χ1) is 7.43. The summed E-state index contributed by atoms with van der Waals surface area (Å²) in [5.41, 5.74) is 0.359. The molecule has 1 heterocycles. The number of rotatable bonds is 0. The van der Waals surface area contributed by atoms with Crippen LogP contribution in [0.1, 0.15) is 40.7 Å². The third kappa shape index (κ3) is 2.68. The molecule has 1 aromatic carbocycles. The molecule has 0 spiro atoms. The number of benzene rings is 1. The Morgan fingerprint density at radius 2 is 1.82 bits per heavy atom. The number of carbonyl (C=O) groups excluding carboxylic acids is 1. The fourth-order valence-corrected chi connectivity index (χ4v) is 2.02. The molecule has 2 rings (SSSR count). The normalized spacial score (nSPS) is 15.1. The van der Waals surface area contributed by atoms with Gasteiger partial charge in [-0.25, -0.2) is 4.39 Å². The van der Waals surface area contributed by atoms with E-state index in [1.807, 2.05) is 13.8 Å². The predicted octanol–water partition coefficient (Wildman–Crippen LogP) is 4.48. The Hall–Kier alpha value is -0.900. The lowest BCUT2D eigenvalue weighted by Gasteiger charge is -2.14. The molecule has 2 nitrogen and oxygen atoms in total. The number of hydrogen-bond donors (Lipinski definition) is 1. The van der Waals surface area contributed by atoms with Gasteiger partial charge in [0.15, 0.2) is 0 Å². The van der Waals surface area contributed by atoms with Crippen LogP contribution >= 0.6 is 15.9 Å². The van der Waals surface area contributed by atoms with Crippen molar-refractivity contribution in [1.82, 2.24) is 0 Å². The van der Waals surface area contributed by atoms with E-state index in [2.05, 4.69) is 21.2 Å². The molecule has 0 aromatic heterocycles. The van der Waals surface area contributed by atoms with Crippen molar-refractivity contribution >= 4 is 27.5 Å². The van der Waals surface area contributed by atoms with Crippen LogP contribution in [0.2, 0.25) is 0 Å². The van der Waals surface area contributed by atoms with Gasteiger partial charge in [-0.15, -0.1) is 0 Å².